The van der Waals surface area contributed by atoms with E-state index < -0.39 is 23.1 Å². The van der Waals surface area contributed by atoms with E-state index in [0.29, 0.717) is 46.4 Å². The monoisotopic (exact) mass is 689 g/mol. The molecule has 0 spiro atoms. The lowest BCUT2D eigenvalue weighted by molar-refractivity contribution is -0.141. The number of halogens is 2. The first-order valence-electron chi connectivity index (χ1n) is 16.3. The van der Waals surface area contributed by atoms with Crippen molar-refractivity contribution in [3.63, 3.8) is 0 Å². The number of carboxylic acid groups (broad SMARTS) is 1. The summed E-state index contributed by atoms with van der Waals surface area (Å²) in [5.74, 6) is 0.487. The van der Waals surface area contributed by atoms with Gasteiger partial charge in [-0.05, 0) is 91.1 Å². The van der Waals surface area contributed by atoms with E-state index in [4.69, 9.17) is 15.1 Å². The summed E-state index contributed by atoms with van der Waals surface area (Å²) in [7, 11) is 1.75. The predicted octanol–water partition coefficient (Wildman–Crippen LogP) is 8.84. The van der Waals surface area contributed by atoms with Crippen LogP contribution in [0, 0.1) is 23.0 Å². The van der Waals surface area contributed by atoms with E-state index in [9.17, 15) is 9.90 Å². The Morgan fingerprint density at radius 1 is 1.08 bits per heavy atom. The van der Waals surface area contributed by atoms with Gasteiger partial charge in [-0.25, -0.2) is 18.4 Å². The molecule has 3 aromatic heterocycles. The normalized spacial score (nSPS) is 19.3. The lowest BCUT2D eigenvalue weighted by Gasteiger charge is -2.30. The topological polar surface area (TPSA) is 96.7 Å². The van der Waals surface area contributed by atoms with Crippen LogP contribution in [0.5, 0.6) is 0 Å². The smallest absolute Gasteiger partial charge is 0.306 e. The highest BCUT2D eigenvalue weighted by atomic mass is 32.2. The van der Waals surface area contributed by atoms with E-state index in [1.807, 2.05) is 42.2 Å². The van der Waals surface area contributed by atoms with E-state index >= 15 is 8.78 Å². The molecule has 2 unspecified atom stereocenters. The van der Waals surface area contributed by atoms with Crippen molar-refractivity contribution in [3.8, 4) is 11.4 Å². The number of carboxylic acids is 1. The maximum atomic E-state index is 15.7. The minimum Gasteiger partial charge on any atom is -0.481 e. The van der Waals surface area contributed by atoms with Gasteiger partial charge >= 0.3 is 5.97 Å². The molecule has 11 heteroatoms. The number of benzene rings is 2. The lowest BCUT2D eigenvalue weighted by Crippen LogP contribution is -2.28. The number of aromatic nitrogens is 5. The summed E-state index contributed by atoms with van der Waals surface area (Å²) in [5.41, 5.74) is 2.77. The standard InChI is InChI=1S/C37H41F2N5O2S2/c1-22(34(45)46)18-23-8-6-9-31(41-23)37(4)15-7-14-36(2,3)21-47-17-13-26-25-12-16-40-30(25)20-29(39)32(26)48-24-10-11-28(38)27(19-24)33-42-35(37)43-44(33)5/h6,8-12,16,19-20,22,40H,7,13-15,17-18,21H2,1-5H3,(H,45,46). The highest BCUT2D eigenvalue weighted by Gasteiger charge is 2.36. The van der Waals surface area contributed by atoms with Crippen LogP contribution >= 0.6 is 23.5 Å². The number of nitrogens with one attached hydrogen (secondary N) is 1. The fourth-order valence-electron chi connectivity index (χ4n) is 6.46. The predicted molar refractivity (Wildman–Crippen MR) is 189 cm³/mol. The average Bonchev–Trinajstić information content (AvgIpc) is 3.67. The molecule has 0 saturated carbocycles. The highest BCUT2D eigenvalue weighted by Crippen LogP contribution is 2.41. The second-order valence-corrected chi connectivity index (χ2v) is 16.0. The minimum absolute atomic E-state index is 0.0371. The highest BCUT2D eigenvalue weighted by molar-refractivity contribution is 7.99. The zero-order chi connectivity index (χ0) is 34.2. The summed E-state index contributed by atoms with van der Waals surface area (Å²) in [6.07, 6.45) is 5.37. The van der Waals surface area contributed by atoms with Crippen LogP contribution in [-0.2, 0) is 30.1 Å². The number of carbonyl (C=O) groups is 1. The molecule has 252 valence electrons. The summed E-state index contributed by atoms with van der Waals surface area (Å²) in [6, 6.07) is 14.1. The number of aryl methyl sites for hydroxylation is 2. The first-order chi connectivity index (χ1) is 22.8. The molecule has 0 saturated heterocycles. The number of nitrogens with zero attached hydrogens (tertiary/aromatic N) is 4. The van der Waals surface area contributed by atoms with E-state index in [0.717, 1.165) is 46.5 Å². The SMILES string of the molecule is CC(Cc1cccc(C2(C)CCCC(C)(C)CSCCc3c(c(F)cc4[nH]ccc34)Sc3ccc(F)c(c3)-c3nc2nn3C)n1)C(=O)O. The molecule has 4 bridgehead atoms. The van der Waals surface area contributed by atoms with Gasteiger partial charge in [0.15, 0.2) is 11.6 Å². The largest absolute Gasteiger partial charge is 0.481 e. The number of fused-ring (bicyclic) bond motifs is 8. The molecule has 6 rings (SSSR count). The number of thioether (sulfide) groups is 1. The number of hydrogen-bond acceptors (Lipinski definition) is 6. The Labute approximate surface area is 288 Å². The van der Waals surface area contributed by atoms with E-state index in [2.05, 4.69) is 25.8 Å². The maximum absolute atomic E-state index is 15.7. The molecule has 5 aromatic rings. The third-order valence-corrected chi connectivity index (χ3v) is 12.0. The van der Waals surface area contributed by atoms with Gasteiger partial charge in [0.1, 0.15) is 11.6 Å². The Morgan fingerprint density at radius 2 is 1.90 bits per heavy atom. The second kappa shape index (κ2) is 13.7. The van der Waals surface area contributed by atoms with Gasteiger partial charge in [-0.2, -0.15) is 16.9 Å². The molecule has 0 fully saturated rings. The quantitative estimate of drug-likeness (QED) is 0.195. The van der Waals surface area contributed by atoms with Crippen LogP contribution in [-0.4, -0.2) is 47.3 Å². The van der Waals surface area contributed by atoms with Crippen LogP contribution in [0.3, 0.4) is 0 Å². The molecule has 4 heterocycles. The van der Waals surface area contributed by atoms with Gasteiger partial charge in [0.25, 0.3) is 0 Å². The average molecular weight is 690 g/mol. The van der Waals surface area contributed by atoms with Crippen molar-refractivity contribution in [2.24, 2.45) is 18.4 Å². The van der Waals surface area contributed by atoms with Crippen molar-refractivity contribution in [2.75, 3.05) is 11.5 Å². The van der Waals surface area contributed by atoms with E-state index in [-0.39, 0.29) is 16.8 Å². The van der Waals surface area contributed by atoms with Gasteiger partial charge < -0.3 is 10.1 Å². The fourth-order valence-corrected chi connectivity index (χ4v) is 8.69. The second-order valence-electron chi connectivity index (χ2n) is 13.8. The Bertz CT molecular complexity index is 1970. The Balaban J connectivity index is 1.46. The molecule has 2 atom stereocenters. The molecule has 2 N–H and O–H groups in total. The van der Waals surface area contributed by atoms with Gasteiger partial charge in [-0.15, -0.1) is 0 Å². The summed E-state index contributed by atoms with van der Waals surface area (Å²) in [5, 5.41) is 15.4. The first kappa shape index (κ1) is 34.2. The Morgan fingerprint density at radius 3 is 2.69 bits per heavy atom. The van der Waals surface area contributed by atoms with Crippen LogP contribution in [0.15, 0.2) is 64.5 Å². The molecule has 7 nitrogen and oxygen atoms in total. The lowest BCUT2D eigenvalue weighted by atomic mass is 9.78. The van der Waals surface area contributed by atoms with Crippen LogP contribution in [0.2, 0.25) is 0 Å². The maximum Gasteiger partial charge on any atom is 0.306 e. The van der Waals surface area contributed by atoms with Crippen molar-refractivity contribution < 1.29 is 18.7 Å². The molecule has 0 amide bonds. The molecular weight excluding hydrogens is 649 g/mol. The number of H-pyrrole nitrogens is 1. The Kier molecular flexibility index (Phi) is 9.73. The van der Waals surface area contributed by atoms with Crippen LogP contribution in [0.25, 0.3) is 22.3 Å². The number of aliphatic carboxylic acids is 1. The molecule has 1 aliphatic rings. The first-order valence-corrected chi connectivity index (χ1v) is 18.3. The van der Waals surface area contributed by atoms with E-state index in [1.165, 1.54) is 23.9 Å². The Hall–Kier alpha value is -3.70. The number of hydrogen-bond donors (Lipinski definition) is 2. The molecule has 1 aliphatic heterocycles. The van der Waals surface area contributed by atoms with Crippen molar-refractivity contribution >= 4 is 40.4 Å². The van der Waals surface area contributed by atoms with Crippen LogP contribution < -0.4 is 0 Å². The summed E-state index contributed by atoms with van der Waals surface area (Å²) in [6.45, 7) is 8.31. The number of rotatable bonds is 4. The van der Waals surface area contributed by atoms with Gasteiger partial charge in [0.05, 0.1) is 27.5 Å². The molecular formula is C37H41F2N5O2S2. The van der Waals surface area contributed by atoms with Crippen molar-refractivity contribution in [1.82, 2.24) is 24.7 Å². The summed E-state index contributed by atoms with van der Waals surface area (Å²) in [4.78, 5) is 25.9. The van der Waals surface area contributed by atoms with Gasteiger partial charge in [0.2, 0.25) is 0 Å². The summed E-state index contributed by atoms with van der Waals surface area (Å²) < 4.78 is 32.9. The molecule has 48 heavy (non-hydrogen) atoms. The number of pyridine rings is 1. The van der Waals surface area contributed by atoms with Crippen molar-refractivity contribution in [3.05, 3.63) is 89.1 Å². The number of aromatic amines is 1. The third kappa shape index (κ3) is 7.03. The van der Waals surface area contributed by atoms with Crippen molar-refractivity contribution in [2.45, 2.75) is 75.0 Å². The minimum atomic E-state index is -0.868. The molecule has 0 radical (unpaired) electrons. The zero-order valence-electron chi connectivity index (χ0n) is 27.9. The van der Waals surface area contributed by atoms with Gasteiger partial charge in [-0.3, -0.25) is 9.78 Å². The van der Waals surface area contributed by atoms with E-state index in [1.54, 1.807) is 30.8 Å². The van der Waals surface area contributed by atoms with Crippen LogP contribution in [0.1, 0.15) is 69.7 Å². The summed E-state index contributed by atoms with van der Waals surface area (Å²) >= 11 is 3.19. The van der Waals surface area contributed by atoms with Crippen LogP contribution in [0.4, 0.5) is 8.78 Å². The third-order valence-electron chi connectivity index (χ3n) is 9.35. The fraction of sp³-hybridized carbons (Fsp3) is 0.405. The molecule has 2 aromatic carbocycles. The molecule has 0 aliphatic carbocycles. The van der Waals surface area contributed by atoms with Gasteiger partial charge in [0, 0.05) is 41.2 Å². The zero-order valence-corrected chi connectivity index (χ0v) is 29.6. The van der Waals surface area contributed by atoms with Crippen molar-refractivity contribution in [1.29, 1.82) is 0 Å². The van der Waals surface area contributed by atoms with Gasteiger partial charge in [-0.1, -0.05) is 45.0 Å².